The van der Waals surface area contributed by atoms with Crippen LogP contribution in [-0.4, -0.2) is 35.6 Å². The summed E-state index contributed by atoms with van der Waals surface area (Å²) in [4.78, 5) is 27.0. The van der Waals surface area contributed by atoms with Crippen molar-refractivity contribution in [2.24, 2.45) is 0 Å². The Balaban J connectivity index is 2.70. The van der Waals surface area contributed by atoms with Crippen molar-refractivity contribution in [3.8, 4) is 11.3 Å². The Labute approximate surface area is 157 Å². The maximum absolute atomic E-state index is 13.4. The average Bonchev–Trinajstić information content (AvgIpc) is 2.93. The van der Waals surface area contributed by atoms with Crippen molar-refractivity contribution in [1.82, 2.24) is 9.66 Å². The first-order valence-electron chi connectivity index (χ1n) is 8.61. The third kappa shape index (κ3) is 4.68. The Morgan fingerprint density at radius 1 is 1.11 bits per heavy atom. The summed E-state index contributed by atoms with van der Waals surface area (Å²) in [6.45, 7) is 7.15. The number of H-pyrrole nitrogens is 1. The predicted octanol–water partition coefficient (Wildman–Crippen LogP) is 2.74. The number of hydrogen-bond acceptors (Lipinski definition) is 6. The van der Waals surface area contributed by atoms with E-state index in [0.717, 1.165) is 10.2 Å². The molecule has 27 heavy (non-hydrogen) atoms. The Bertz CT molecular complexity index is 877. The Morgan fingerprint density at radius 3 is 2.22 bits per heavy atom. The zero-order chi connectivity index (χ0) is 20.0. The van der Waals surface area contributed by atoms with Gasteiger partial charge in [0.15, 0.2) is 5.44 Å². The van der Waals surface area contributed by atoms with Gasteiger partial charge >= 0.3 is 19.4 Å². The number of imidazole rings is 1. The van der Waals surface area contributed by atoms with Gasteiger partial charge in [-0.05, 0) is 27.7 Å². The Hall–Kier alpha value is -2.35. The lowest BCUT2D eigenvalue weighted by atomic mass is 10.1. The summed E-state index contributed by atoms with van der Waals surface area (Å²) in [6.07, 6.45) is -0.866. The van der Waals surface area contributed by atoms with Gasteiger partial charge in [-0.15, -0.1) is 0 Å². The molecular weight excluding hydrogens is 373 g/mol. The maximum Gasteiger partial charge on any atom is 0.426 e. The lowest BCUT2D eigenvalue weighted by molar-refractivity contribution is 0.164. The van der Waals surface area contributed by atoms with Gasteiger partial charge < -0.3 is 18.8 Å². The summed E-state index contributed by atoms with van der Waals surface area (Å²) in [5, 5.41) is 0. The van der Waals surface area contributed by atoms with E-state index in [9.17, 15) is 14.2 Å². The molecule has 2 rings (SSSR count). The number of hydrogen-bond donors (Lipinski definition) is 2. The number of rotatable bonds is 8. The van der Waals surface area contributed by atoms with Crippen molar-refractivity contribution in [2.45, 2.75) is 27.7 Å². The molecule has 0 aliphatic rings. The van der Waals surface area contributed by atoms with Crippen molar-refractivity contribution in [1.29, 1.82) is 0 Å². The van der Waals surface area contributed by atoms with Crippen LogP contribution in [0.3, 0.4) is 0 Å². The first kappa shape index (κ1) is 21.0. The third-order valence-corrected chi connectivity index (χ3v) is 5.69. The summed E-state index contributed by atoms with van der Waals surface area (Å²) in [5.74, 6) is 0. The number of aromatic nitrogens is 2. The van der Waals surface area contributed by atoms with Crippen LogP contribution < -0.4 is 16.6 Å². The minimum atomic E-state index is -3.92. The molecule has 2 aromatic rings. The van der Waals surface area contributed by atoms with Crippen molar-refractivity contribution in [2.75, 3.05) is 25.2 Å². The molecule has 0 aliphatic carbocycles. The van der Waals surface area contributed by atoms with Crippen molar-refractivity contribution in [3.63, 3.8) is 0 Å². The van der Waals surface area contributed by atoms with Crippen LogP contribution in [0.5, 0.6) is 0 Å². The van der Waals surface area contributed by atoms with E-state index in [4.69, 9.17) is 13.8 Å². The average molecular weight is 397 g/mol. The number of nitrogens with zero attached hydrogens (tertiary/aromatic N) is 1. The van der Waals surface area contributed by atoms with E-state index >= 15 is 0 Å². The van der Waals surface area contributed by atoms with Crippen molar-refractivity contribution < 1.29 is 23.1 Å². The molecule has 0 atom stereocenters. The highest BCUT2D eigenvalue weighted by Gasteiger charge is 2.37. The van der Waals surface area contributed by atoms with E-state index in [1.807, 2.05) is 19.1 Å². The van der Waals surface area contributed by atoms with Crippen molar-refractivity contribution in [3.05, 3.63) is 40.3 Å². The first-order valence-corrected chi connectivity index (χ1v) is 10.2. The van der Waals surface area contributed by atoms with Crippen LogP contribution in [-0.2, 0) is 18.3 Å². The quantitative estimate of drug-likeness (QED) is 0.663. The number of nitrogens with one attached hydrogen (secondary N) is 2. The molecule has 0 fully saturated rings. The highest BCUT2D eigenvalue weighted by atomic mass is 31.2. The highest BCUT2D eigenvalue weighted by molar-refractivity contribution is 7.62. The van der Waals surface area contributed by atoms with Crippen LogP contribution in [0.15, 0.2) is 29.1 Å². The van der Waals surface area contributed by atoms with Crippen LogP contribution in [0.4, 0.5) is 4.79 Å². The summed E-state index contributed by atoms with van der Waals surface area (Å²) in [7, 11) is -3.92. The third-order valence-electron chi connectivity index (χ3n) is 3.55. The van der Waals surface area contributed by atoms with Gasteiger partial charge in [-0.1, -0.05) is 29.8 Å². The van der Waals surface area contributed by atoms with Gasteiger partial charge in [0.1, 0.15) is 0 Å². The molecule has 1 aromatic heterocycles. The van der Waals surface area contributed by atoms with Crippen LogP contribution in [0.2, 0.25) is 0 Å². The maximum atomic E-state index is 13.4. The van der Waals surface area contributed by atoms with E-state index in [1.165, 1.54) is 0 Å². The van der Waals surface area contributed by atoms with Gasteiger partial charge in [0, 0.05) is 5.56 Å². The second-order valence-corrected chi connectivity index (χ2v) is 7.43. The van der Waals surface area contributed by atoms with Crippen LogP contribution in [0, 0.1) is 6.92 Å². The molecule has 1 amide bonds. The van der Waals surface area contributed by atoms with Gasteiger partial charge in [0.05, 0.1) is 25.5 Å². The summed E-state index contributed by atoms with van der Waals surface area (Å²) >= 11 is 0. The summed E-state index contributed by atoms with van der Waals surface area (Å²) in [5.41, 5.74) is 3.34. The predicted molar refractivity (Wildman–Crippen MR) is 102 cm³/mol. The lowest BCUT2D eigenvalue weighted by Gasteiger charge is -2.19. The minimum absolute atomic E-state index is 0.0867. The topological polar surface area (TPSA) is 112 Å². The number of benzene rings is 1. The van der Waals surface area contributed by atoms with Crippen LogP contribution in [0.25, 0.3) is 11.3 Å². The second kappa shape index (κ2) is 9.03. The van der Waals surface area contributed by atoms with E-state index in [1.54, 1.807) is 32.9 Å². The van der Waals surface area contributed by atoms with Gasteiger partial charge in [0.25, 0.3) is 0 Å². The van der Waals surface area contributed by atoms with Crippen LogP contribution in [0.1, 0.15) is 26.3 Å². The zero-order valence-corrected chi connectivity index (χ0v) is 16.7. The molecule has 0 unspecified atom stereocenters. The number of aryl methyl sites for hydroxylation is 1. The van der Waals surface area contributed by atoms with Gasteiger partial charge in [0.2, 0.25) is 0 Å². The zero-order valence-electron chi connectivity index (χ0n) is 15.8. The van der Waals surface area contributed by atoms with E-state index in [0.29, 0.717) is 5.56 Å². The SMILES string of the molecule is CCOC(=O)Nn1c(P(=O)(OCC)OCC)c(-c2ccc(C)cc2)[nH]c1=O. The molecule has 148 valence electrons. The molecule has 2 N–H and O–H groups in total. The largest absolute Gasteiger partial charge is 0.449 e. The molecule has 0 saturated carbocycles. The van der Waals surface area contributed by atoms with Crippen LogP contribution >= 0.6 is 7.60 Å². The standard InChI is InChI=1S/C17H24N3O6P/c1-5-24-17(22)19-20-15(27(23,25-6-2)26-7-3)14(18-16(20)21)13-10-8-12(4)9-11-13/h8-11H,5-7H2,1-4H3,(H,18,21)(H,19,22). The highest BCUT2D eigenvalue weighted by Crippen LogP contribution is 2.48. The molecular formula is C17H24N3O6P. The molecule has 9 nitrogen and oxygen atoms in total. The van der Waals surface area contributed by atoms with E-state index < -0.39 is 19.4 Å². The fourth-order valence-corrected chi connectivity index (χ4v) is 4.31. The second-order valence-electron chi connectivity index (χ2n) is 5.50. The molecule has 10 heteroatoms. The number of carbonyl (C=O) groups is 1. The number of amides is 1. The molecule has 1 heterocycles. The van der Waals surface area contributed by atoms with Gasteiger partial charge in [-0.3, -0.25) is 4.57 Å². The fraction of sp³-hybridized carbons (Fsp3) is 0.412. The monoisotopic (exact) mass is 397 g/mol. The number of aromatic amines is 1. The Kier molecular flexibility index (Phi) is 7.01. The first-order chi connectivity index (χ1) is 12.9. The normalized spacial score (nSPS) is 11.4. The molecule has 0 saturated heterocycles. The fourth-order valence-electron chi connectivity index (χ4n) is 2.47. The van der Waals surface area contributed by atoms with E-state index in [-0.39, 0.29) is 30.9 Å². The Morgan fingerprint density at radius 2 is 1.70 bits per heavy atom. The van der Waals surface area contributed by atoms with E-state index in [2.05, 4.69) is 10.4 Å². The number of ether oxygens (including phenoxy) is 1. The molecule has 0 spiro atoms. The smallest absolute Gasteiger partial charge is 0.426 e. The molecule has 0 aliphatic heterocycles. The van der Waals surface area contributed by atoms with Crippen molar-refractivity contribution >= 4 is 19.1 Å². The molecule has 1 aromatic carbocycles. The van der Waals surface area contributed by atoms with Gasteiger partial charge in [-0.25, -0.2) is 15.0 Å². The lowest BCUT2D eigenvalue weighted by Crippen LogP contribution is -2.39. The summed E-state index contributed by atoms with van der Waals surface area (Å²) < 4.78 is 29.9. The molecule has 0 radical (unpaired) electrons. The van der Waals surface area contributed by atoms with Gasteiger partial charge in [-0.2, -0.15) is 4.68 Å². The molecule has 0 bridgehead atoms. The number of carbonyl (C=O) groups excluding carboxylic acids is 1. The summed E-state index contributed by atoms with van der Waals surface area (Å²) in [6, 6.07) is 7.22. The minimum Gasteiger partial charge on any atom is -0.449 e.